The lowest BCUT2D eigenvalue weighted by Gasteiger charge is -2.06. The lowest BCUT2D eigenvalue weighted by Crippen LogP contribution is -1.91. The highest BCUT2D eigenvalue weighted by atomic mass is 79.9. The Labute approximate surface area is 107 Å². The molecule has 0 saturated carbocycles. The summed E-state index contributed by atoms with van der Waals surface area (Å²) >= 11 is 9.35. The molecule has 0 aliphatic rings. The molecule has 2 aromatic rings. The van der Waals surface area contributed by atoms with Crippen molar-refractivity contribution in [1.29, 1.82) is 0 Å². The van der Waals surface area contributed by atoms with Crippen molar-refractivity contribution in [3.8, 4) is 0 Å². The van der Waals surface area contributed by atoms with Crippen LogP contribution in [-0.4, -0.2) is 4.98 Å². The quantitative estimate of drug-likeness (QED) is 0.730. The molecule has 4 heteroatoms. The van der Waals surface area contributed by atoms with Gasteiger partial charge in [0, 0.05) is 9.86 Å². The summed E-state index contributed by atoms with van der Waals surface area (Å²) in [6, 6.07) is 4.77. The van der Waals surface area contributed by atoms with Crippen LogP contribution in [0, 0.1) is 5.82 Å². The number of halogens is 3. The molecule has 1 nitrogen and oxygen atoms in total. The van der Waals surface area contributed by atoms with Gasteiger partial charge in [-0.05, 0) is 46.1 Å². The van der Waals surface area contributed by atoms with Gasteiger partial charge in [0.15, 0.2) is 0 Å². The van der Waals surface area contributed by atoms with Crippen LogP contribution < -0.4 is 0 Å². The molecule has 0 atom stereocenters. The van der Waals surface area contributed by atoms with Gasteiger partial charge in [-0.25, -0.2) is 9.37 Å². The van der Waals surface area contributed by atoms with Gasteiger partial charge < -0.3 is 0 Å². The Morgan fingerprint density at radius 2 is 2.12 bits per heavy atom. The first-order valence-electron chi connectivity index (χ1n) is 5.06. The number of rotatable bonds is 2. The molecule has 0 spiro atoms. The van der Waals surface area contributed by atoms with E-state index in [1.807, 2.05) is 6.07 Å². The Kier molecular flexibility index (Phi) is 3.45. The number of aryl methyl sites for hydroxylation is 1. The molecule has 84 valence electrons. The van der Waals surface area contributed by atoms with Crippen LogP contribution in [0.2, 0.25) is 5.15 Å². The first-order valence-corrected chi connectivity index (χ1v) is 6.23. The highest BCUT2D eigenvalue weighted by Crippen LogP contribution is 2.28. The summed E-state index contributed by atoms with van der Waals surface area (Å²) in [7, 11) is 0. The molecule has 1 aromatic carbocycles. The number of hydrogen-bond acceptors (Lipinski definition) is 1. The fourth-order valence-electron chi connectivity index (χ4n) is 1.68. The predicted molar refractivity (Wildman–Crippen MR) is 68.4 cm³/mol. The molecule has 16 heavy (non-hydrogen) atoms. The average molecular weight is 303 g/mol. The highest BCUT2D eigenvalue weighted by Gasteiger charge is 2.08. The summed E-state index contributed by atoms with van der Waals surface area (Å²) < 4.78 is 13.9. The molecule has 0 bridgehead atoms. The average Bonchev–Trinajstić information content (AvgIpc) is 2.21. The predicted octanol–water partition coefficient (Wildman–Crippen LogP) is 4.74. The first-order chi connectivity index (χ1) is 7.61. The van der Waals surface area contributed by atoms with Gasteiger partial charge in [-0.15, -0.1) is 0 Å². The maximum absolute atomic E-state index is 13.2. The minimum atomic E-state index is -0.272. The molecule has 2 rings (SSSR count). The lowest BCUT2D eigenvalue weighted by molar-refractivity contribution is 0.629. The number of benzene rings is 1. The number of aromatic nitrogens is 1. The van der Waals surface area contributed by atoms with Crippen molar-refractivity contribution in [3.05, 3.63) is 39.2 Å². The van der Waals surface area contributed by atoms with E-state index in [-0.39, 0.29) is 5.82 Å². The summed E-state index contributed by atoms with van der Waals surface area (Å²) in [6.07, 6.45) is 1.85. The molecule has 1 aromatic heterocycles. The van der Waals surface area contributed by atoms with Gasteiger partial charge in [0.05, 0.1) is 5.52 Å². The van der Waals surface area contributed by atoms with E-state index in [4.69, 9.17) is 11.6 Å². The molecule has 0 N–H and O–H groups in total. The smallest absolute Gasteiger partial charge is 0.133 e. The third kappa shape index (κ3) is 2.20. The zero-order chi connectivity index (χ0) is 11.7. The van der Waals surface area contributed by atoms with Crippen molar-refractivity contribution in [2.45, 2.75) is 19.8 Å². The third-order valence-electron chi connectivity index (χ3n) is 2.38. The number of fused-ring (bicyclic) bond motifs is 1. The second kappa shape index (κ2) is 4.68. The second-order valence-corrected chi connectivity index (χ2v) is 4.86. The molecule has 0 radical (unpaired) electrons. The first kappa shape index (κ1) is 11.8. The van der Waals surface area contributed by atoms with E-state index in [1.165, 1.54) is 12.1 Å². The molecule has 0 saturated heterocycles. The summed E-state index contributed by atoms with van der Waals surface area (Å²) in [5.74, 6) is -0.272. The van der Waals surface area contributed by atoms with Crippen molar-refractivity contribution in [2.75, 3.05) is 0 Å². The minimum Gasteiger partial charge on any atom is -0.235 e. The topological polar surface area (TPSA) is 12.9 Å². The van der Waals surface area contributed by atoms with Crippen molar-refractivity contribution in [3.63, 3.8) is 0 Å². The minimum absolute atomic E-state index is 0.272. The van der Waals surface area contributed by atoms with E-state index in [1.54, 1.807) is 0 Å². The van der Waals surface area contributed by atoms with E-state index >= 15 is 0 Å². The Balaban J connectivity index is 2.69. The number of nitrogens with zero attached hydrogens (tertiary/aromatic N) is 1. The van der Waals surface area contributed by atoms with Crippen molar-refractivity contribution in [1.82, 2.24) is 4.98 Å². The number of hydrogen-bond donors (Lipinski definition) is 0. The maximum Gasteiger partial charge on any atom is 0.133 e. The van der Waals surface area contributed by atoms with Crippen molar-refractivity contribution >= 4 is 38.4 Å². The largest absolute Gasteiger partial charge is 0.235 e. The molecular weight excluding hydrogens is 292 g/mol. The van der Waals surface area contributed by atoms with Gasteiger partial charge in [0.1, 0.15) is 11.0 Å². The van der Waals surface area contributed by atoms with Crippen LogP contribution in [-0.2, 0) is 6.42 Å². The Bertz CT molecular complexity index is 542. The SMILES string of the molecule is CCCc1cc2cc(F)cc(Br)c2nc1Cl. The molecule has 0 aliphatic carbocycles. The van der Waals surface area contributed by atoms with Crippen LogP contribution in [0.15, 0.2) is 22.7 Å². The summed E-state index contributed by atoms with van der Waals surface area (Å²) in [5.41, 5.74) is 1.67. The summed E-state index contributed by atoms with van der Waals surface area (Å²) in [6.45, 7) is 2.07. The molecule has 0 unspecified atom stereocenters. The Hall–Kier alpha value is -0.670. The molecule has 0 amide bonds. The Morgan fingerprint density at radius 1 is 1.38 bits per heavy atom. The zero-order valence-electron chi connectivity index (χ0n) is 8.73. The van der Waals surface area contributed by atoms with E-state index in [0.29, 0.717) is 15.1 Å². The van der Waals surface area contributed by atoms with E-state index in [9.17, 15) is 4.39 Å². The van der Waals surface area contributed by atoms with E-state index < -0.39 is 0 Å². The van der Waals surface area contributed by atoms with Crippen LogP contribution in [0.4, 0.5) is 4.39 Å². The monoisotopic (exact) mass is 301 g/mol. The van der Waals surface area contributed by atoms with Crippen LogP contribution >= 0.6 is 27.5 Å². The van der Waals surface area contributed by atoms with Crippen molar-refractivity contribution < 1.29 is 4.39 Å². The fourth-order valence-corrected chi connectivity index (χ4v) is 2.45. The van der Waals surface area contributed by atoms with Gasteiger partial charge in [0.2, 0.25) is 0 Å². The highest BCUT2D eigenvalue weighted by molar-refractivity contribution is 9.10. The van der Waals surface area contributed by atoms with Crippen LogP contribution in [0.1, 0.15) is 18.9 Å². The normalized spacial score (nSPS) is 11.0. The fraction of sp³-hybridized carbons (Fsp3) is 0.250. The standard InChI is InChI=1S/C12H10BrClFN/c1-2-3-7-4-8-5-9(15)6-10(13)11(8)16-12(7)14/h4-6H,2-3H2,1H3. The zero-order valence-corrected chi connectivity index (χ0v) is 11.1. The van der Waals surface area contributed by atoms with Crippen LogP contribution in [0.5, 0.6) is 0 Å². The second-order valence-electron chi connectivity index (χ2n) is 3.65. The van der Waals surface area contributed by atoms with Gasteiger partial charge in [-0.3, -0.25) is 0 Å². The van der Waals surface area contributed by atoms with Gasteiger partial charge in [-0.1, -0.05) is 24.9 Å². The summed E-state index contributed by atoms with van der Waals surface area (Å²) in [4.78, 5) is 4.29. The third-order valence-corrected chi connectivity index (χ3v) is 3.31. The lowest BCUT2D eigenvalue weighted by atomic mass is 10.1. The van der Waals surface area contributed by atoms with Crippen LogP contribution in [0.25, 0.3) is 10.9 Å². The van der Waals surface area contributed by atoms with Gasteiger partial charge in [0.25, 0.3) is 0 Å². The van der Waals surface area contributed by atoms with E-state index in [0.717, 1.165) is 23.8 Å². The summed E-state index contributed by atoms with van der Waals surface area (Å²) in [5, 5.41) is 1.28. The number of pyridine rings is 1. The molecule has 0 fully saturated rings. The van der Waals surface area contributed by atoms with E-state index in [2.05, 4.69) is 27.8 Å². The Morgan fingerprint density at radius 3 is 2.81 bits per heavy atom. The molecule has 0 aliphatic heterocycles. The van der Waals surface area contributed by atoms with Crippen molar-refractivity contribution in [2.24, 2.45) is 0 Å². The van der Waals surface area contributed by atoms with Gasteiger partial charge >= 0.3 is 0 Å². The van der Waals surface area contributed by atoms with Gasteiger partial charge in [-0.2, -0.15) is 0 Å². The molecular formula is C12H10BrClFN. The maximum atomic E-state index is 13.2. The van der Waals surface area contributed by atoms with Crippen LogP contribution in [0.3, 0.4) is 0 Å². The molecule has 1 heterocycles.